The number of carbonyl (C=O) groups is 1. The predicted molar refractivity (Wildman–Crippen MR) is 125 cm³/mol. The molecule has 31 heavy (non-hydrogen) atoms. The van der Waals surface area contributed by atoms with Crippen molar-refractivity contribution in [3.8, 4) is 6.07 Å². The van der Waals surface area contributed by atoms with Crippen molar-refractivity contribution in [2.75, 3.05) is 17.2 Å². The minimum atomic E-state index is -0.197. The summed E-state index contributed by atoms with van der Waals surface area (Å²) in [5, 5.41) is 10.3. The lowest BCUT2D eigenvalue weighted by Crippen LogP contribution is -2.33. The van der Waals surface area contributed by atoms with E-state index in [-0.39, 0.29) is 23.8 Å². The molecule has 1 heterocycles. The molecule has 3 rings (SSSR count). The van der Waals surface area contributed by atoms with Gasteiger partial charge in [0, 0.05) is 12.2 Å². The van der Waals surface area contributed by atoms with Crippen LogP contribution in [0.1, 0.15) is 32.6 Å². The SMILES string of the molecule is CCCCCCn1c(SCC(=O)N(CC#N)c2ccccc2)nc2ccccc2c1=O. The minimum absolute atomic E-state index is 0.0294. The normalized spacial score (nSPS) is 10.7. The van der Waals surface area contributed by atoms with Crippen LogP contribution in [0, 0.1) is 11.3 Å². The number of para-hydroxylation sites is 2. The maximum absolute atomic E-state index is 13.1. The van der Waals surface area contributed by atoms with Crippen LogP contribution in [0.4, 0.5) is 5.69 Å². The van der Waals surface area contributed by atoms with E-state index in [1.807, 2.05) is 36.4 Å². The fourth-order valence-electron chi connectivity index (χ4n) is 3.36. The largest absolute Gasteiger partial charge is 0.298 e. The van der Waals surface area contributed by atoms with Crippen LogP contribution in [-0.4, -0.2) is 27.8 Å². The summed E-state index contributed by atoms with van der Waals surface area (Å²) in [5.74, 6) is -0.103. The first-order valence-electron chi connectivity index (χ1n) is 10.5. The second-order valence-electron chi connectivity index (χ2n) is 7.19. The Hall–Kier alpha value is -3.11. The van der Waals surface area contributed by atoms with Crippen LogP contribution in [0.25, 0.3) is 10.9 Å². The number of rotatable bonds is 10. The van der Waals surface area contributed by atoms with E-state index in [0.717, 1.165) is 25.7 Å². The summed E-state index contributed by atoms with van der Waals surface area (Å²) in [6.45, 7) is 2.70. The number of thioether (sulfide) groups is 1. The number of amides is 1. The van der Waals surface area contributed by atoms with Gasteiger partial charge in [0.25, 0.3) is 5.56 Å². The third-order valence-electron chi connectivity index (χ3n) is 4.98. The number of nitrogens with zero attached hydrogens (tertiary/aromatic N) is 4. The van der Waals surface area contributed by atoms with Gasteiger partial charge in [0.2, 0.25) is 5.91 Å². The molecule has 0 saturated carbocycles. The van der Waals surface area contributed by atoms with E-state index in [1.165, 1.54) is 16.7 Å². The molecule has 1 amide bonds. The van der Waals surface area contributed by atoms with Crippen molar-refractivity contribution in [3.05, 3.63) is 65.0 Å². The van der Waals surface area contributed by atoms with Crippen LogP contribution in [0.2, 0.25) is 0 Å². The Morgan fingerprint density at radius 3 is 2.58 bits per heavy atom. The monoisotopic (exact) mass is 434 g/mol. The van der Waals surface area contributed by atoms with Crippen molar-refractivity contribution >= 4 is 34.3 Å². The second-order valence-corrected chi connectivity index (χ2v) is 8.13. The molecule has 2 aromatic carbocycles. The topological polar surface area (TPSA) is 79.0 Å². The summed E-state index contributed by atoms with van der Waals surface area (Å²) >= 11 is 1.25. The van der Waals surface area contributed by atoms with Crippen molar-refractivity contribution in [2.45, 2.75) is 44.3 Å². The summed E-state index contributed by atoms with van der Waals surface area (Å²) in [6, 6.07) is 18.5. The van der Waals surface area contributed by atoms with Crippen molar-refractivity contribution in [1.29, 1.82) is 5.26 Å². The zero-order valence-electron chi connectivity index (χ0n) is 17.7. The number of fused-ring (bicyclic) bond motifs is 1. The molecule has 7 heteroatoms. The number of nitriles is 1. The molecule has 0 unspecified atom stereocenters. The highest BCUT2D eigenvalue weighted by molar-refractivity contribution is 7.99. The molecule has 6 nitrogen and oxygen atoms in total. The maximum Gasteiger partial charge on any atom is 0.262 e. The molecule has 0 aliphatic heterocycles. The van der Waals surface area contributed by atoms with E-state index in [4.69, 9.17) is 5.26 Å². The molecule has 3 aromatic rings. The third kappa shape index (κ3) is 5.74. The molecular weight excluding hydrogens is 408 g/mol. The van der Waals surface area contributed by atoms with Gasteiger partial charge in [0.05, 0.1) is 22.7 Å². The van der Waals surface area contributed by atoms with Crippen LogP contribution in [0.5, 0.6) is 0 Å². The first-order chi connectivity index (χ1) is 15.2. The van der Waals surface area contributed by atoms with E-state index in [0.29, 0.717) is 28.3 Å². The number of hydrogen-bond donors (Lipinski definition) is 0. The smallest absolute Gasteiger partial charge is 0.262 e. The summed E-state index contributed by atoms with van der Waals surface area (Å²) in [7, 11) is 0. The molecule has 1 aromatic heterocycles. The molecule has 0 spiro atoms. The second kappa shape index (κ2) is 11.3. The predicted octanol–water partition coefficient (Wildman–Crippen LogP) is 4.63. The standard InChI is InChI=1S/C24H26N4O2S/c1-2-3-4-10-16-28-23(30)20-13-8-9-14-21(20)26-24(28)31-18-22(29)27(17-15-25)19-11-6-5-7-12-19/h5-9,11-14H,2-4,10,16-18H2,1H3. The fourth-order valence-corrected chi connectivity index (χ4v) is 4.26. The summed E-state index contributed by atoms with van der Waals surface area (Å²) in [5.41, 5.74) is 1.23. The molecule has 0 atom stereocenters. The Labute approximate surface area is 186 Å². The number of benzene rings is 2. The average Bonchev–Trinajstić information content (AvgIpc) is 2.80. The number of aromatic nitrogens is 2. The molecule has 160 valence electrons. The van der Waals surface area contributed by atoms with Crippen LogP contribution >= 0.6 is 11.8 Å². The number of anilines is 1. The zero-order chi connectivity index (χ0) is 22.1. The lowest BCUT2D eigenvalue weighted by molar-refractivity contribution is -0.116. The van der Waals surface area contributed by atoms with E-state index >= 15 is 0 Å². The summed E-state index contributed by atoms with van der Waals surface area (Å²) in [4.78, 5) is 32.1. The van der Waals surface area contributed by atoms with Crippen LogP contribution in [0.15, 0.2) is 64.5 Å². The molecule has 0 N–H and O–H groups in total. The minimum Gasteiger partial charge on any atom is -0.298 e. The van der Waals surface area contributed by atoms with Crippen molar-refractivity contribution in [1.82, 2.24) is 9.55 Å². The average molecular weight is 435 g/mol. The highest BCUT2D eigenvalue weighted by Crippen LogP contribution is 2.21. The maximum atomic E-state index is 13.1. The van der Waals surface area contributed by atoms with E-state index < -0.39 is 0 Å². The number of carbonyl (C=O) groups excluding carboxylic acids is 1. The Bertz CT molecular complexity index is 1120. The Morgan fingerprint density at radius 2 is 1.84 bits per heavy atom. The van der Waals surface area contributed by atoms with Gasteiger partial charge >= 0.3 is 0 Å². The zero-order valence-corrected chi connectivity index (χ0v) is 18.5. The number of unbranched alkanes of at least 4 members (excludes halogenated alkanes) is 3. The molecule has 0 aliphatic rings. The molecule has 0 fully saturated rings. The van der Waals surface area contributed by atoms with E-state index in [2.05, 4.69) is 18.0 Å². The summed E-state index contributed by atoms with van der Waals surface area (Å²) in [6.07, 6.45) is 4.18. The van der Waals surface area contributed by atoms with Crippen LogP contribution < -0.4 is 10.5 Å². The first kappa shape index (κ1) is 22.6. The van der Waals surface area contributed by atoms with E-state index in [9.17, 15) is 9.59 Å². The Morgan fingerprint density at radius 1 is 1.10 bits per heavy atom. The van der Waals surface area contributed by atoms with Crippen LogP contribution in [-0.2, 0) is 11.3 Å². The molecule has 0 radical (unpaired) electrons. The highest BCUT2D eigenvalue weighted by atomic mass is 32.2. The van der Waals surface area contributed by atoms with Gasteiger partial charge < -0.3 is 0 Å². The lowest BCUT2D eigenvalue weighted by Gasteiger charge is -2.20. The van der Waals surface area contributed by atoms with Crippen molar-refractivity contribution in [2.24, 2.45) is 0 Å². The quantitative estimate of drug-likeness (QED) is 0.201. The van der Waals surface area contributed by atoms with Gasteiger partial charge in [0.1, 0.15) is 6.54 Å². The van der Waals surface area contributed by atoms with Gasteiger partial charge in [-0.2, -0.15) is 5.26 Å². The van der Waals surface area contributed by atoms with Gasteiger partial charge in [-0.15, -0.1) is 0 Å². The van der Waals surface area contributed by atoms with Crippen molar-refractivity contribution in [3.63, 3.8) is 0 Å². The van der Waals surface area contributed by atoms with Gasteiger partial charge in [-0.05, 0) is 30.7 Å². The third-order valence-corrected chi connectivity index (χ3v) is 5.95. The van der Waals surface area contributed by atoms with Gasteiger partial charge in [0.15, 0.2) is 5.16 Å². The van der Waals surface area contributed by atoms with Crippen molar-refractivity contribution < 1.29 is 4.79 Å². The van der Waals surface area contributed by atoms with Gasteiger partial charge in [-0.1, -0.05) is 68.3 Å². The molecule has 0 saturated heterocycles. The molecular formula is C24H26N4O2S. The molecule has 0 aliphatic carbocycles. The summed E-state index contributed by atoms with van der Waals surface area (Å²) < 4.78 is 1.69. The van der Waals surface area contributed by atoms with Gasteiger partial charge in [-0.3, -0.25) is 19.1 Å². The van der Waals surface area contributed by atoms with E-state index in [1.54, 1.807) is 22.8 Å². The van der Waals surface area contributed by atoms with Crippen LogP contribution in [0.3, 0.4) is 0 Å². The highest BCUT2D eigenvalue weighted by Gasteiger charge is 2.18. The number of hydrogen-bond acceptors (Lipinski definition) is 5. The molecule has 0 bridgehead atoms. The Kier molecular flexibility index (Phi) is 8.25. The van der Waals surface area contributed by atoms with Gasteiger partial charge in [-0.25, -0.2) is 4.98 Å². The first-order valence-corrected chi connectivity index (χ1v) is 11.5. The fraction of sp³-hybridized carbons (Fsp3) is 0.333. The Balaban J connectivity index is 1.84. The lowest BCUT2D eigenvalue weighted by atomic mass is 10.2.